The second kappa shape index (κ2) is 17.5. The highest BCUT2D eigenvalue weighted by atomic mass is 16.5. The number of aliphatic hydroxyl groups excluding tert-OH is 1. The van der Waals surface area contributed by atoms with Crippen LogP contribution in [0.15, 0.2) is 42.7 Å². The Morgan fingerprint density at radius 2 is 1.82 bits per heavy atom. The number of ether oxygens (including phenoxy) is 2. The van der Waals surface area contributed by atoms with Gasteiger partial charge in [-0.25, -0.2) is 4.79 Å². The molecule has 45 heavy (non-hydrogen) atoms. The van der Waals surface area contributed by atoms with E-state index in [0.29, 0.717) is 36.7 Å². The lowest BCUT2D eigenvalue weighted by atomic mass is 9.96. The minimum absolute atomic E-state index is 0.0170. The van der Waals surface area contributed by atoms with Crippen molar-refractivity contribution >= 4 is 17.6 Å². The van der Waals surface area contributed by atoms with Crippen LogP contribution in [0.5, 0.6) is 5.75 Å². The zero-order valence-corrected chi connectivity index (χ0v) is 27.5. The molecule has 0 spiro atoms. The molecule has 1 saturated carbocycles. The van der Waals surface area contributed by atoms with Crippen LogP contribution in [0, 0.1) is 5.92 Å². The Balaban J connectivity index is 1.56. The maximum absolute atomic E-state index is 14.3. The van der Waals surface area contributed by atoms with Crippen LogP contribution in [0.4, 0.5) is 10.5 Å². The Hall–Kier alpha value is -3.21. The average molecular weight is 624 g/mol. The van der Waals surface area contributed by atoms with Crippen LogP contribution in [-0.4, -0.2) is 89.5 Å². The molecule has 4 atom stereocenters. The number of hydrogen-bond donors (Lipinski definition) is 3. The first kappa shape index (κ1) is 34.7. The fourth-order valence-corrected chi connectivity index (χ4v) is 6.23. The first-order valence-electron chi connectivity index (χ1n) is 16.7. The van der Waals surface area contributed by atoms with Gasteiger partial charge in [0.15, 0.2) is 0 Å². The van der Waals surface area contributed by atoms with Gasteiger partial charge in [0.25, 0.3) is 5.91 Å². The molecule has 0 saturated heterocycles. The van der Waals surface area contributed by atoms with Crippen molar-refractivity contribution < 1.29 is 24.2 Å². The second-order valence-corrected chi connectivity index (χ2v) is 13.0. The van der Waals surface area contributed by atoms with Gasteiger partial charge in [-0.3, -0.25) is 14.7 Å². The lowest BCUT2D eigenvalue weighted by Gasteiger charge is -2.36. The highest BCUT2D eigenvalue weighted by Gasteiger charge is 2.30. The van der Waals surface area contributed by atoms with Gasteiger partial charge in [-0.05, 0) is 88.9 Å². The summed E-state index contributed by atoms with van der Waals surface area (Å²) in [4.78, 5) is 35.3. The summed E-state index contributed by atoms with van der Waals surface area (Å²) in [6.45, 7) is 8.26. The third-order valence-electron chi connectivity index (χ3n) is 8.94. The molecule has 3 amide bonds. The van der Waals surface area contributed by atoms with Crippen molar-refractivity contribution in [1.29, 1.82) is 0 Å². The van der Waals surface area contributed by atoms with Crippen LogP contribution >= 0.6 is 0 Å². The summed E-state index contributed by atoms with van der Waals surface area (Å²) in [5.74, 6) is 0.218. The number of hydrogen-bond acceptors (Lipinski definition) is 7. The highest BCUT2D eigenvalue weighted by Crippen LogP contribution is 2.29. The molecule has 4 rings (SSSR count). The van der Waals surface area contributed by atoms with E-state index in [1.165, 1.54) is 12.0 Å². The van der Waals surface area contributed by atoms with Crippen LogP contribution in [0.2, 0.25) is 0 Å². The summed E-state index contributed by atoms with van der Waals surface area (Å²) in [6, 6.07) is 8.76. The van der Waals surface area contributed by atoms with Crippen LogP contribution in [0.3, 0.4) is 0 Å². The van der Waals surface area contributed by atoms with Crippen molar-refractivity contribution in [2.45, 2.75) is 103 Å². The number of pyridine rings is 1. The summed E-state index contributed by atoms with van der Waals surface area (Å²) in [5.41, 5.74) is 2.07. The maximum atomic E-state index is 14.3. The van der Waals surface area contributed by atoms with Gasteiger partial charge in [-0.2, -0.15) is 0 Å². The standard InChI is InChI=1S/C35H53N5O5/c1-25-21-40(26(2)24-41)34(42)31-20-30(38-35(43)37-29-11-6-5-7-12-29)13-14-32(31)45-27(3)10-8-9-19-44-33(25)23-39(4)22-28-15-17-36-18-16-28/h13-18,20,25-27,29,33,41H,5-12,19,21-24H2,1-4H3,(H2,37,38,43)/t25-,26+,27-,33-/m0/s1. The molecule has 0 bridgehead atoms. The molecular formula is C35H53N5O5. The number of likely N-dealkylation sites (N-methyl/N-ethyl adjacent to an activating group) is 1. The second-order valence-electron chi connectivity index (χ2n) is 13.0. The average Bonchev–Trinajstić information content (AvgIpc) is 3.03. The molecule has 1 aromatic carbocycles. The molecule has 248 valence electrons. The lowest BCUT2D eigenvalue weighted by Crippen LogP contribution is -2.47. The van der Waals surface area contributed by atoms with Gasteiger partial charge < -0.3 is 30.1 Å². The van der Waals surface area contributed by atoms with E-state index < -0.39 is 6.04 Å². The van der Waals surface area contributed by atoms with E-state index in [2.05, 4.69) is 34.5 Å². The number of aromatic nitrogens is 1. The number of urea groups is 1. The first-order chi connectivity index (χ1) is 21.7. The molecule has 1 fully saturated rings. The van der Waals surface area contributed by atoms with Gasteiger partial charge in [0.05, 0.1) is 30.4 Å². The molecule has 0 unspecified atom stereocenters. The van der Waals surface area contributed by atoms with Gasteiger partial charge in [-0.1, -0.05) is 26.2 Å². The quantitative estimate of drug-likeness (QED) is 0.358. The Labute approximate surface area is 268 Å². The number of aliphatic hydroxyl groups is 1. The molecule has 2 aromatic rings. The van der Waals surface area contributed by atoms with E-state index in [1.807, 2.05) is 26.0 Å². The van der Waals surface area contributed by atoms with E-state index in [4.69, 9.17) is 9.47 Å². The first-order valence-corrected chi connectivity index (χ1v) is 16.7. The fourth-order valence-electron chi connectivity index (χ4n) is 6.23. The topological polar surface area (TPSA) is 116 Å². The van der Waals surface area contributed by atoms with E-state index in [9.17, 15) is 14.7 Å². The number of fused-ring (bicyclic) bond motifs is 1. The van der Waals surface area contributed by atoms with Crippen molar-refractivity contribution in [1.82, 2.24) is 20.1 Å². The Bertz CT molecular complexity index is 1210. The van der Waals surface area contributed by atoms with Crippen molar-refractivity contribution in [3.05, 3.63) is 53.9 Å². The summed E-state index contributed by atoms with van der Waals surface area (Å²) >= 11 is 0. The van der Waals surface area contributed by atoms with Crippen LogP contribution < -0.4 is 15.4 Å². The number of carbonyl (C=O) groups excluding carboxylic acids is 2. The largest absolute Gasteiger partial charge is 0.490 e. The number of benzene rings is 1. The zero-order chi connectivity index (χ0) is 32.2. The molecule has 1 aliphatic carbocycles. The third-order valence-corrected chi connectivity index (χ3v) is 8.94. The molecule has 10 heteroatoms. The minimum atomic E-state index is -0.431. The van der Waals surface area contributed by atoms with E-state index in [0.717, 1.165) is 51.5 Å². The number of amides is 3. The Morgan fingerprint density at radius 3 is 2.56 bits per heavy atom. The van der Waals surface area contributed by atoms with E-state index in [-0.39, 0.29) is 42.7 Å². The van der Waals surface area contributed by atoms with Gasteiger partial charge in [0.1, 0.15) is 5.75 Å². The number of nitrogens with one attached hydrogen (secondary N) is 2. The van der Waals surface area contributed by atoms with Crippen molar-refractivity contribution in [3.8, 4) is 5.75 Å². The molecule has 2 aliphatic rings. The Kier molecular flexibility index (Phi) is 13.5. The summed E-state index contributed by atoms with van der Waals surface area (Å²) in [7, 11) is 2.08. The smallest absolute Gasteiger partial charge is 0.319 e. The van der Waals surface area contributed by atoms with Crippen LogP contribution in [-0.2, 0) is 11.3 Å². The Morgan fingerprint density at radius 1 is 1.09 bits per heavy atom. The highest BCUT2D eigenvalue weighted by molar-refractivity contribution is 5.99. The number of rotatable bonds is 8. The fraction of sp³-hybridized carbons (Fsp3) is 0.629. The predicted octanol–water partition coefficient (Wildman–Crippen LogP) is 5.46. The number of anilines is 1. The SMILES string of the molecule is C[C@H](CO)N1C[C@H](C)[C@H](CN(C)Cc2ccncc2)OCCCC[C@H](C)Oc2ccc(NC(=O)NC3CCCCC3)cc2C1=O. The van der Waals surface area contributed by atoms with Gasteiger partial charge in [0, 0.05) is 56.3 Å². The minimum Gasteiger partial charge on any atom is -0.490 e. The predicted molar refractivity (Wildman–Crippen MR) is 176 cm³/mol. The molecule has 1 aromatic heterocycles. The van der Waals surface area contributed by atoms with Gasteiger partial charge >= 0.3 is 6.03 Å². The molecule has 1 aliphatic heterocycles. The molecule has 3 N–H and O–H groups in total. The molecule has 10 nitrogen and oxygen atoms in total. The third kappa shape index (κ3) is 10.7. The monoisotopic (exact) mass is 623 g/mol. The summed E-state index contributed by atoms with van der Waals surface area (Å²) in [6.07, 6.45) is 11.5. The van der Waals surface area contributed by atoms with Crippen molar-refractivity contribution in [2.24, 2.45) is 5.92 Å². The zero-order valence-electron chi connectivity index (χ0n) is 27.5. The van der Waals surface area contributed by atoms with Crippen LogP contribution in [0.25, 0.3) is 0 Å². The molecule has 0 radical (unpaired) electrons. The number of carbonyl (C=O) groups is 2. The van der Waals surface area contributed by atoms with E-state index >= 15 is 0 Å². The normalized spacial score (nSPS) is 23.0. The van der Waals surface area contributed by atoms with Crippen molar-refractivity contribution in [2.75, 3.05) is 38.7 Å². The molecule has 2 heterocycles. The van der Waals surface area contributed by atoms with Gasteiger partial charge in [-0.15, -0.1) is 0 Å². The lowest BCUT2D eigenvalue weighted by molar-refractivity contribution is -0.0177. The van der Waals surface area contributed by atoms with Crippen LogP contribution in [0.1, 0.15) is 88.1 Å². The van der Waals surface area contributed by atoms with E-state index in [1.54, 1.807) is 35.5 Å². The summed E-state index contributed by atoms with van der Waals surface area (Å²) < 4.78 is 12.8. The number of nitrogens with zero attached hydrogens (tertiary/aromatic N) is 3. The summed E-state index contributed by atoms with van der Waals surface area (Å²) in [5, 5.41) is 16.2. The molecular weight excluding hydrogens is 570 g/mol. The maximum Gasteiger partial charge on any atom is 0.319 e. The van der Waals surface area contributed by atoms with Gasteiger partial charge in [0.2, 0.25) is 0 Å². The van der Waals surface area contributed by atoms with Crippen molar-refractivity contribution in [3.63, 3.8) is 0 Å².